The summed E-state index contributed by atoms with van der Waals surface area (Å²) in [6.45, 7) is 14.4. The second kappa shape index (κ2) is 14.9. The van der Waals surface area contributed by atoms with E-state index in [0.717, 1.165) is 39.9 Å². The molecule has 0 amide bonds. The van der Waals surface area contributed by atoms with Crippen LogP contribution in [0.25, 0.3) is 22.0 Å². The van der Waals surface area contributed by atoms with Crippen molar-refractivity contribution in [1.29, 1.82) is 0 Å². The summed E-state index contributed by atoms with van der Waals surface area (Å²) in [7, 11) is 0. The number of H-pyrrole nitrogens is 1. The number of hydrogen-bond donors (Lipinski definition) is 1. The molecule has 0 aliphatic heterocycles. The van der Waals surface area contributed by atoms with E-state index in [1.165, 1.54) is 6.20 Å². The zero-order valence-electron chi connectivity index (χ0n) is 25.6. The largest absolute Gasteiger partial charge is 0.147 e. The third-order valence-electron chi connectivity index (χ3n) is 7.16. The fraction of sp³-hybridized carbons (Fsp3) is 0.324. The summed E-state index contributed by atoms with van der Waals surface area (Å²) in [5, 5.41) is 0.482. The van der Waals surface area contributed by atoms with Crippen molar-refractivity contribution in [3.63, 3.8) is 0 Å². The van der Waals surface area contributed by atoms with Crippen molar-refractivity contribution in [2.45, 2.75) is 47.0 Å². The Morgan fingerprint density at radius 2 is 1.63 bits per heavy atom. The van der Waals surface area contributed by atoms with E-state index in [-0.39, 0.29) is 45.9 Å². The first-order valence-electron chi connectivity index (χ1n) is 14.3. The number of hydrogen-bond acceptors (Lipinski definition) is 6. The van der Waals surface area contributed by atoms with Crippen molar-refractivity contribution in [3.8, 4) is 22.6 Å². The van der Waals surface area contributed by atoms with Crippen molar-refractivity contribution in [2.24, 2.45) is 0 Å². The first kappa shape index (κ1) is 34.1. The summed E-state index contributed by atoms with van der Waals surface area (Å²) in [6.07, 6.45) is 1.52. The number of halogens is 1. The Morgan fingerprint density at radius 1 is 0.953 bits per heavy atom. The summed E-state index contributed by atoms with van der Waals surface area (Å²) >= 11 is -1.54. The number of aromatic amines is 1. The number of para-hydroxylation sites is 1. The van der Waals surface area contributed by atoms with Crippen LogP contribution in [0.15, 0.2) is 71.7 Å². The number of carbonyl (C=O) groups excluding carboxylic acids is 2. The van der Waals surface area contributed by atoms with Gasteiger partial charge in [0.15, 0.2) is 0 Å². The van der Waals surface area contributed by atoms with Gasteiger partial charge >= 0.3 is 255 Å². The van der Waals surface area contributed by atoms with Gasteiger partial charge in [-0.05, 0) is 0 Å². The molecule has 0 bridgehead atoms. The molecule has 1 N–H and O–H groups in total. The number of nitrogens with one attached hydrogen (secondary N) is 1. The number of rotatable bonds is 11. The Balaban J connectivity index is 0.00000506. The Labute approximate surface area is 266 Å². The summed E-state index contributed by atoms with van der Waals surface area (Å²) in [4.78, 5) is 45.1. The third-order valence-corrected chi connectivity index (χ3v) is 9.63. The first-order chi connectivity index (χ1) is 20.0. The van der Waals surface area contributed by atoms with Crippen LogP contribution in [0, 0.1) is 0 Å². The zero-order chi connectivity index (χ0) is 30.4. The van der Waals surface area contributed by atoms with Crippen molar-refractivity contribution in [2.75, 3.05) is 26.2 Å². The van der Waals surface area contributed by atoms with Gasteiger partial charge in [-0.25, -0.2) is 0 Å². The molecule has 1 unspecified atom stereocenters. The molecule has 0 fully saturated rings. The average Bonchev–Trinajstić information content (AvgIpc) is 2.96. The minimum absolute atomic E-state index is 0. The van der Waals surface area contributed by atoms with Crippen LogP contribution in [0.2, 0.25) is 0 Å². The van der Waals surface area contributed by atoms with Crippen LogP contribution >= 0.6 is 12.4 Å². The Hall–Kier alpha value is -3.38. The number of benzene rings is 3. The SMILES string of the molecule is CCOc1ccc(-c2cc(C(C)(C)C)c(OC(=O)CN(CC)CC)cc2[AsH]C(=O)c2c[nH]c3ccccc3c2=O)cc1.Cl. The predicted octanol–water partition coefficient (Wildman–Crippen LogP) is 5.46. The van der Waals surface area contributed by atoms with E-state index >= 15 is 0 Å². The number of ether oxygens (including phenoxy) is 2. The van der Waals surface area contributed by atoms with E-state index in [1.54, 1.807) is 12.1 Å². The predicted molar refractivity (Wildman–Crippen MR) is 178 cm³/mol. The van der Waals surface area contributed by atoms with Gasteiger partial charge in [-0.15, -0.1) is 12.4 Å². The topological polar surface area (TPSA) is 88.7 Å². The van der Waals surface area contributed by atoms with E-state index in [4.69, 9.17) is 9.47 Å². The number of fused-ring (bicyclic) bond motifs is 1. The van der Waals surface area contributed by atoms with E-state index in [1.807, 2.05) is 74.2 Å². The minimum Gasteiger partial charge on any atom is -0.147 e. The summed E-state index contributed by atoms with van der Waals surface area (Å²) in [5.74, 6) is 0.866. The molecule has 1 aromatic heterocycles. The van der Waals surface area contributed by atoms with Crippen LogP contribution in [-0.2, 0) is 10.2 Å². The standard InChI is InChI=1S/C34H39AsN2O5.ClH/c1-7-37(8-2)21-31(38)42-30-19-28(35-33(40)26-20-36-29-13-11-10-12-24(29)32(26)39)25(18-27(30)34(4,5)6)22-14-16-23(17-15-22)41-9-3;/h10-20,35H,7-9,21H2,1-6H3,(H,36,39);1H. The number of pyridine rings is 1. The maximum Gasteiger partial charge on any atom is -0.147 e. The van der Waals surface area contributed by atoms with Crippen molar-refractivity contribution in [3.05, 3.63) is 88.2 Å². The third kappa shape index (κ3) is 8.17. The van der Waals surface area contributed by atoms with E-state index in [2.05, 4.69) is 25.8 Å². The molecule has 0 spiro atoms. The second-order valence-corrected chi connectivity index (χ2v) is 13.7. The van der Waals surface area contributed by atoms with Crippen molar-refractivity contribution >= 4 is 54.0 Å². The molecule has 9 heteroatoms. The van der Waals surface area contributed by atoms with Gasteiger partial charge in [0.05, 0.1) is 0 Å². The van der Waals surface area contributed by atoms with E-state index in [0.29, 0.717) is 23.3 Å². The normalized spacial score (nSPS) is 11.6. The average molecular weight is 667 g/mol. The molecule has 1 atom stereocenters. The molecule has 1 heterocycles. The van der Waals surface area contributed by atoms with Crippen LogP contribution < -0.4 is 19.3 Å². The molecule has 3 aromatic carbocycles. The fourth-order valence-corrected chi connectivity index (χ4v) is 7.15. The van der Waals surface area contributed by atoms with Crippen LogP contribution in [0.1, 0.15) is 57.5 Å². The maximum atomic E-state index is 13.7. The fourth-order valence-electron chi connectivity index (χ4n) is 4.80. The molecular weight excluding hydrogens is 627 g/mol. The molecule has 7 nitrogen and oxygen atoms in total. The summed E-state index contributed by atoms with van der Waals surface area (Å²) in [6, 6.07) is 18.8. The zero-order valence-corrected chi connectivity index (χ0v) is 28.5. The van der Waals surface area contributed by atoms with Crippen molar-refractivity contribution in [1.82, 2.24) is 9.88 Å². The van der Waals surface area contributed by atoms with Gasteiger partial charge in [-0.1, -0.05) is 0 Å². The van der Waals surface area contributed by atoms with Gasteiger partial charge in [0.25, 0.3) is 0 Å². The molecule has 0 radical (unpaired) electrons. The number of nitrogens with zero attached hydrogens (tertiary/aromatic N) is 1. The Kier molecular flexibility index (Phi) is 11.8. The minimum atomic E-state index is -1.54. The van der Waals surface area contributed by atoms with Gasteiger partial charge in [0.2, 0.25) is 0 Å². The summed E-state index contributed by atoms with van der Waals surface area (Å²) < 4.78 is 12.2. The van der Waals surface area contributed by atoms with Gasteiger partial charge in [0, 0.05) is 0 Å². The van der Waals surface area contributed by atoms with Crippen LogP contribution in [0.5, 0.6) is 11.5 Å². The second-order valence-electron chi connectivity index (χ2n) is 11.1. The van der Waals surface area contributed by atoms with E-state index < -0.39 is 15.8 Å². The van der Waals surface area contributed by atoms with Crippen LogP contribution in [0.3, 0.4) is 0 Å². The molecule has 228 valence electrons. The van der Waals surface area contributed by atoms with Crippen LogP contribution in [0.4, 0.5) is 0 Å². The first-order valence-corrected chi connectivity index (χ1v) is 16.4. The van der Waals surface area contributed by atoms with Crippen molar-refractivity contribution < 1.29 is 19.1 Å². The molecule has 0 saturated carbocycles. The molecule has 43 heavy (non-hydrogen) atoms. The monoisotopic (exact) mass is 666 g/mol. The van der Waals surface area contributed by atoms with Gasteiger partial charge < -0.3 is 0 Å². The van der Waals surface area contributed by atoms with Gasteiger partial charge in [0.1, 0.15) is 0 Å². The summed E-state index contributed by atoms with van der Waals surface area (Å²) in [5.41, 5.74) is 2.88. The molecule has 0 saturated heterocycles. The molecular formula is C34H40AsClN2O5. The molecule has 0 aliphatic rings. The van der Waals surface area contributed by atoms with Gasteiger partial charge in [-0.2, -0.15) is 0 Å². The number of esters is 1. The molecule has 4 aromatic rings. The number of carbonyl (C=O) groups is 2. The Morgan fingerprint density at radius 3 is 2.26 bits per heavy atom. The van der Waals surface area contributed by atoms with Crippen LogP contribution in [-0.4, -0.2) is 62.4 Å². The van der Waals surface area contributed by atoms with E-state index in [9.17, 15) is 14.4 Å². The quantitative estimate of drug-likeness (QED) is 0.130. The molecule has 4 rings (SSSR count). The number of aromatic nitrogens is 1. The smallest absolute Gasteiger partial charge is 0.147 e. The molecule has 0 aliphatic carbocycles. The van der Waals surface area contributed by atoms with Gasteiger partial charge in [-0.3, -0.25) is 0 Å². The number of likely N-dealkylation sites (N-methyl/N-ethyl adjacent to an activating group) is 1. The Bertz CT molecular complexity index is 1640. The maximum absolute atomic E-state index is 13.7.